The SMILES string of the molecule is COc1c(Cl)cc2c(c1C1(CN)CCC1)CCCCC2. The Kier molecular flexibility index (Phi) is 3.96. The number of nitrogens with two attached hydrogens (primary N) is 1. The monoisotopic (exact) mass is 293 g/mol. The summed E-state index contributed by atoms with van der Waals surface area (Å²) in [5, 5.41) is 0.767. The maximum Gasteiger partial charge on any atom is 0.141 e. The van der Waals surface area contributed by atoms with Crippen molar-refractivity contribution in [3.8, 4) is 5.75 Å². The molecular weight excluding hydrogens is 270 g/mol. The highest BCUT2D eigenvalue weighted by molar-refractivity contribution is 6.32. The molecule has 3 rings (SSSR count). The topological polar surface area (TPSA) is 35.2 Å². The highest BCUT2D eigenvalue weighted by Gasteiger charge is 2.42. The summed E-state index contributed by atoms with van der Waals surface area (Å²) in [5.41, 5.74) is 10.5. The van der Waals surface area contributed by atoms with E-state index in [9.17, 15) is 0 Å². The van der Waals surface area contributed by atoms with Crippen LogP contribution in [0.15, 0.2) is 6.07 Å². The molecule has 1 aromatic carbocycles. The third-order valence-corrected chi connectivity index (χ3v) is 5.52. The molecule has 1 aromatic rings. The van der Waals surface area contributed by atoms with Crippen LogP contribution in [-0.4, -0.2) is 13.7 Å². The standard InChI is InChI=1S/C17H24ClNO/c1-20-16-14(18)10-12-6-3-2-4-7-13(12)15(16)17(11-19)8-5-9-17/h10H,2-9,11,19H2,1H3. The second kappa shape index (κ2) is 5.57. The number of benzene rings is 1. The highest BCUT2D eigenvalue weighted by Crippen LogP contribution is 2.51. The third-order valence-electron chi connectivity index (χ3n) is 5.24. The van der Waals surface area contributed by atoms with Crippen LogP contribution in [0.2, 0.25) is 5.02 Å². The fourth-order valence-corrected chi connectivity index (χ4v) is 4.25. The average molecular weight is 294 g/mol. The van der Waals surface area contributed by atoms with Crippen molar-refractivity contribution in [3.05, 3.63) is 27.8 Å². The zero-order valence-electron chi connectivity index (χ0n) is 12.3. The lowest BCUT2D eigenvalue weighted by molar-refractivity contribution is 0.241. The summed E-state index contributed by atoms with van der Waals surface area (Å²) in [6, 6.07) is 2.13. The van der Waals surface area contributed by atoms with Gasteiger partial charge >= 0.3 is 0 Å². The Hall–Kier alpha value is -0.730. The number of ether oxygens (including phenoxy) is 1. The van der Waals surface area contributed by atoms with Gasteiger partial charge in [-0.25, -0.2) is 0 Å². The summed E-state index contributed by atoms with van der Waals surface area (Å²) in [4.78, 5) is 0. The first-order chi connectivity index (χ1) is 9.72. The molecule has 3 heteroatoms. The van der Waals surface area contributed by atoms with Crippen LogP contribution in [0.3, 0.4) is 0 Å². The van der Waals surface area contributed by atoms with E-state index in [1.165, 1.54) is 55.2 Å². The fourth-order valence-electron chi connectivity index (χ4n) is 3.95. The molecule has 1 fully saturated rings. The molecule has 0 unspecified atom stereocenters. The van der Waals surface area contributed by atoms with Gasteiger partial charge in [0.25, 0.3) is 0 Å². The second-order valence-corrected chi connectivity index (χ2v) is 6.71. The number of methoxy groups -OCH3 is 1. The van der Waals surface area contributed by atoms with E-state index in [1.54, 1.807) is 7.11 Å². The van der Waals surface area contributed by atoms with E-state index in [0.717, 1.165) is 23.6 Å². The summed E-state index contributed by atoms with van der Waals surface area (Å²) in [7, 11) is 1.73. The van der Waals surface area contributed by atoms with E-state index in [2.05, 4.69) is 6.07 Å². The average Bonchev–Trinajstić information content (AvgIpc) is 2.63. The highest BCUT2D eigenvalue weighted by atomic mass is 35.5. The maximum absolute atomic E-state index is 6.50. The van der Waals surface area contributed by atoms with Gasteiger partial charge in [-0.2, -0.15) is 0 Å². The van der Waals surface area contributed by atoms with E-state index in [0.29, 0.717) is 6.54 Å². The minimum absolute atomic E-state index is 0.116. The van der Waals surface area contributed by atoms with Gasteiger partial charge in [0.15, 0.2) is 0 Å². The molecule has 0 radical (unpaired) electrons. The third kappa shape index (κ3) is 2.14. The van der Waals surface area contributed by atoms with Crippen molar-refractivity contribution in [3.63, 3.8) is 0 Å². The van der Waals surface area contributed by atoms with Crippen LogP contribution in [0.4, 0.5) is 0 Å². The lowest BCUT2D eigenvalue weighted by atomic mass is 9.62. The Labute approximate surface area is 126 Å². The number of halogens is 1. The van der Waals surface area contributed by atoms with Crippen LogP contribution in [0.25, 0.3) is 0 Å². The Morgan fingerprint density at radius 1 is 1.20 bits per heavy atom. The molecular formula is C17H24ClNO. The van der Waals surface area contributed by atoms with Crippen LogP contribution >= 0.6 is 11.6 Å². The summed E-state index contributed by atoms with van der Waals surface area (Å²) in [6.45, 7) is 0.705. The fraction of sp³-hybridized carbons (Fsp3) is 0.647. The molecule has 0 amide bonds. The van der Waals surface area contributed by atoms with Crippen molar-refractivity contribution in [2.75, 3.05) is 13.7 Å². The molecule has 0 bridgehead atoms. The van der Waals surface area contributed by atoms with E-state index >= 15 is 0 Å². The Morgan fingerprint density at radius 3 is 2.55 bits per heavy atom. The van der Waals surface area contributed by atoms with Crippen molar-refractivity contribution in [1.29, 1.82) is 0 Å². The molecule has 0 aromatic heterocycles. The zero-order valence-corrected chi connectivity index (χ0v) is 13.1. The molecule has 0 heterocycles. The molecule has 2 aliphatic rings. The molecule has 0 atom stereocenters. The number of rotatable bonds is 3. The summed E-state index contributed by atoms with van der Waals surface area (Å²) < 4.78 is 5.68. The molecule has 0 spiro atoms. The van der Waals surface area contributed by atoms with Gasteiger partial charge in [-0.05, 0) is 55.7 Å². The first-order valence-electron chi connectivity index (χ1n) is 7.80. The predicted octanol–water partition coefficient (Wildman–Crippen LogP) is 4.00. The van der Waals surface area contributed by atoms with Gasteiger partial charge < -0.3 is 10.5 Å². The number of fused-ring (bicyclic) bond motifs is 1. The molecule has 2 N–H and O–H groups in total. The van der Waals surface area contributed by atoms with Crippen LogP contribution in [0.5, 0.6) is 5.75 Å². The molecule has 1 saturated carbocycles. The smallest absolute Gasteiger partial charge is 0.141 e. The first kappa shape index (κ1) is 14.2. The molecule has 110 valence electrons. The van der Waals surface area contributed by atoms with Crippen molar-refractivity contribution in [2.24, 2.45) is 5.73 Å². The molecule has 0 aliphatic heterocycles. The van der Waals surface area contributed by atoms with Gasteiger partial charge in [0.1, 0.15) is 5.75 Å². The van der Waals surface area contributed by atoms with Gasteiger partial charge in [-0.15, -0.1) is 0 Å². The minimum atomic E-state index is 0.116. The van der Waals surface area contributed by atoms with Crippen LogP contribution in [-0.2, 0) is 18.3 Å². The second-order valence-electron chi connectivity index (χ2n) is 6.30. The van der Waals surface area contributed by atoms with Crippen LogP contribution < -0.4 is 10.5 Å². The number of hydrogen-bond donors (Lipinski definition) is 1. The molecule has 2 nitrogen and oxygen atoms in total. The summed E-state index contributed by atoms with van der Waals surface area (Å²) in [6.07, 6.45) is 9.76. The van der Waals surface area contributed by atoms with E-state index < -0.39 is 0 Å². The van der Waals surface area contributed by atoms with Gasteiger partial charge in [-0.1, -0.05) is 24.4 Å². The van der Waals surface area contributed by atoms with Crippen molar-refractivity contribution < 1.29 is 4.74 Å². The molecule has 20 heavy (non-hydrogen) atoms. The Balaban J connectivity index is 2.21. The molecule has 2 aliphatic carbocycles. The normalized spacial score (nSPS) is 20.8. The Bertz CT molecular complexity index is 503. The van der Waals surface area contributed by atoms with Crippen molar-refractivity contribution in [2.45, 2.75) is 56.8 Å². The lowest BCUT2D eigenvalue weighted by Crippen LogP contribution is -2.42. The van der Waals surface area contributed by atoms with E-state index in [-0.39, 0.29) is 5.41 Å². The van der Waals surface area contributed by atoms with Gasteiger partial charge in [0, 0.05) is 17.5 Å². The van der Waals surface area contributed by atoms with E-state index in [1.807, 2.05) is 0 Å². The van der Waals surface area contributed by atoms with Gasteiger partial charge in [0.05, 0.1) is 12.1 Å². The minimum Gasteiger partial charge on any atom is -0.495 e. The quantitative estimate of drug-likeness (QED) is 0.855. The van der Waals surface area contributed by atoms with Crippen LogP contribution in [0.1, 0.15) is 55.2 Å². The van der Waals surface area contributed by atoms with Crippen molar-refractivity contribution >= 4 is 11.6 Å². The first-order valence-corrected chi connectivity index (χ1v) is 8.18. The Morgan fingerprint density at radius 2 is 1.95 bits per heavy atom. The van der Waals surface area contributed by atoms with Gasteiger partial charge in [0.2, 0.25) is 0 Å². The predicted molar refractivity (Wildman–Crippen MR) is 83.8 cm³/mol. The largest absolute Gasteiger partial charge is 0.495 e. The molecule has 0 saturated heterocycles. The zero-order chi connectivity index (χ0) is 14.2. The van der Waals surface area contributed by atoms with Crippen molar-refractivity contribution in [1.82, 2.24) is 0 Å². The summed E-state index contributed by atoms with van der Waals surface area (Å²) >= 11 is 6.50. The van der Waals surface area contributed by atoms with Gasteiger partial charge in [-0.3, -0.25) is 0 Å². The van der Waals surface area contributed by atoms with E-state index in [4.69, 9.17) is 22.1 Å². The van der Waals surface area contributed by atoms with Crippen LogP contribution in [0, 0.1) is 0 Å². The maximum atomic E-state index is 6.50. The number of hydrogen-bond acceptors (Lipinski definition) is 2. The number of aryl methyl sites for hydroxylation is 1. The summed E-state index contributed by atoms with van der Waals surface area (Å²) in [5.74, 6) is 0.887. The lowest BCUT2D eigenvalue weighted by Gasteiger charge is -2.44.